The zero-order valence-corrected chi connectivity index (χ0v) is 18.9. The van der Waals surface area contributed by atoms with Crippen LogP contribution in [0, 0.1) is 12.7 Å². The van der Waals surface area contributed by atoms with Crippen molar-refractivity contribution >= 4 is 5.69 Å². The van der Waals surface area contributed by atoms with Gasteiger partial charge in [-0.15, -0.1) is 0 Å². The van der Waals surface area contributed by atoms with E-state index in [4.69, 9.17) is 4.74 Å². The average molecular weight is 453 g/mol. The molecule has 0 aliphatic carbocycles. The van der Waals surface area contributed by atoms with Crippen molar-refractivity contribution < 1.29 is 14.2 Å². The molecule has 2 aromatic heterocycles. The van der Waals surface area contributed by atoms with Crippen LogP contribution in [-0.2, 0) is 11.3 Å². The predicted octanol–water partition coefficient (Wildman–Crippen LogP) is 2.95. The van der Waals surface area contributed by atoms with Gasteiger partial charge in [-0.05, 0) is 42.8 Å². The molecule has 33 heavy (non-hydrogen) atoms. The molecule has 1 aliphatic heterocycles. The summed E-state index contributed by atoms with van der Waals surface area (Å²) in [5.74, 6) is -0.265. The first kappa shape index (κ1) is 22.9. The Morgan fingerprint density at radius 2 is 1.82 bits per heavy atom. The topological polar surface area (TPSA) is 70.8 Å². The van der Waals surface area contributed by atoms with Crippen LogP contribution in [0.2, 0.25) is 0 Å². The van der Waals surface area contributed by atoms with Crippen LogP contribution < -0.4 is 10.5 Å². The number of piperazine rings is 1. The minimum absolute atomic E-state index is 0.0236. The Morgan fingerprint density at radius 3 is 2.48 bits per heavy atom. The van der Waals surface area contributed by atoms with E-state index in [9.17, 15) is 14.3 Å². The van der Waals surface area contributed by atoms with Gasteiger partial charge in [-0.3, -0.25) is 14.7 Å². The summed E-state index contributed by atoms with van der Waals surface area (Å²) in [6.45, 7) is 5.01. The van der Waals surface area contributed by atoms with Crippen molar-refractivity contribution in [2.75, 3.05) is 44.8 Å². The van der Waals surface area contributed by atoms with Crippen LogP contribution in [-0.4, -0.2) is 59.5 Å². The van der Waals surface area contributed by atoms with E-state index >= 15 is 0 Å². The molecular formula is C25H29FN4O3. The quantitative estimate of drug-likeness (QED) is 0.595. The number of methoxy groups -OCH3 is 1. The molecule has 3 aromatic rings. The van der Waals surface area contributed by atoms with Gasteiger partial charge in [0.25, 0.3) is 5.56 Å². The van der Waals surface area contributed by atoms with E-state index in [1.165, 1.54) is 6.07 Å². The van der Waals surface area contributed by atoms with Gasteiger partial charge in [0.05, 0.1) is 23.9 Å². The monoisotopic (exact) mass is 452 g/mol. The average Bonchev–Trinajstić information content (AvgIpc) is 2.83. The van der Waals surface area contributed by atoms with Crippen molar-refractivity contribution in [2.45, 2.75) is 19.5 Å². The summed E-state index contributed by atoms with van der Waals surface area (Å²) in [6.07, 6.45) is 3.37. The lowest BCUT2D eigenvalue weighted by atomic mass is 9.96. The van der Waals surface area contributed by atoms with Crippen molar-refractivity contribution in [3.8, 4) is 5.75 Å². The van der Waals surface area contributed by atoms with Crippen LogP contribution in [0.4, 0.5) is 10.1 Å². The van der Waals surface area contributed by atoms with Gasteiger partial charge >= 0.3 is 0 Å². The Labute approximate surface area is 192 Å². The van der Waals surface area contributed by atoms with E-state index in [0.29, 0.717) is 56.3 Å². The summed E-state index contributed by atoms with van der Waals surface area (Å²) in [7, 11) is 1.59. The van der Waals surface area contributed by atoms with Gasteiger partial charge in [-0.2, -0.15) is 0 Å². The highest BCUT2D eigenvalue weighted by atomic mass is 19.1. The molecule has 1 saturated heterocycles. The standard InChI is InChI=1S/C25H29FN4O3/c1-18-17-22(31)23(25(32)30(18)15-16-33-2)24(19-7-9-27-10-8-19)29-13-11-28(12-14-29)21-6-4-3-5-20(21)26/h3-10,17,24,31H,11-16H2,1-2H3/t24-/m1/s1. The zero-order chi connectivity index (χ0) is 23.4. The molecule has 1 N–H and O–H groups in total. The number of para-hydroxylation sites is 1. The van der Waals surface area contributed by atoms with Crippen molar-refractivity contribution in [3.63, 3.8) is 0 Å². The number of hydrogen-bond acceptors (Lipinski definition) is 6. The van der Waals surface area contributed by atoms with Crippen molar-refractivity contribution in [1.82, 2.24) is 14.5 Å². The number of anilines is 1. The maximum Gasteiger partial charge on any atom is 0.259 e. The summed E-state index contributed by atoms with van der Waals surface area (Å²) < 4.78 is 21.1. The molecule has 0 spiro atoms. The molecule has 0 radical (unpaired) electrons. The minimum Gasteiger partial charge on any atom is -0.507 e. The van der Waals surface area contributed by atoms with Gasteiger partial charge in [0.2, 0.25) is 0 Å². The number of pyridine rings is 2. The summed E-state index contributed by atoms with van der Waals surface area (Å²) in [5, 5.41) is 10.9. The Morgan fingerprint density at radius 1 is 1.12 bits per heavy atom. The van der Waals surface area contributed by atoms with Gasteiger partial charge in [-0.25, -0.2) is 4.39 Å². The first-order valence-corrected chi connectivity index (χ1v) is 11.1. The molecule has 1 aromatic carbocycles. The van der Waals surface area contributed by atoms with E-state index in [1.807, 2.05) is 23.1 Å². The van der Waals surface area contributed by atoms with Gasteiger partial charge in [0.1, 0.15) is 11.6 Å². The van der Waals surface area contributed by atoms with Gasteiger partial charge in [-0.1, -0.05) is 12.1 Å². The number of rotatable bonds is 7. The molecule has 0 saturated carbocycles. The first-order chi connectivity index (χ1) is 16.0. The third kappa shape index (κ3) is 4.77. The Hall–Kier alpha value is -3.23. The second kappa shape index (κ2) is 10.1. The highest BCUT2D eigenvalue weighted by Crippen LogP contribution is 2.33. The van der Waals surface area contributed by atoms with Crippen LogP contribution in [0.15, 0.2) is 59.7 Å². The largest absolute Gasteiger partial charge is 0.507 e. The molecule has 1 fully saturated rings. The molecule has 1 atom stereocenters. The summed E-state index contributed by atoms with van der Waals surface area (Å²) >= 11 is 0. The van der Waals surface area contributed by atoms with E-state index in [0.717, 1.165) is 5.56 Å². The first-order valence-electron chi connectivity index (χ1n) is 11.1. The molecule has 7 nitrogen and oxygen atoms in total. The summed E-state index contributed by atoms with van der Waals surface area (Å²) in [6, 6.07) is 11.7. The number of halogens is 1. The number of aromatic nitrogens is 2. The normalized spacial score (nSPS) is 15.5. The molecule has 0 bridgehead atoms. The zero-order valence-electron chi connectivity index (χ0n) is 18.9. The number of hydrogen-bond donors (Lipinski definition) is 1. The lowest BCUT2D eigenvalue weighted by Gasteiger charge is -2.40. The highest BCUT2D eigenvalue weighted by molar-refractivity contribution is 5.48. The third-order valence-electron chi connectivity index (χ3n) is 6.21. The van der Waals surface area contributed by atoms with Crippen LogP contribution in [0.3, 0.4) is 0 Å². The minimum atomic E-state index is -0.447. The van der Waals surface area contributed by atoms with E-state index < -0.39 is 6.04 Å². The second-order valence-corrected chi connectivity index (χ2v) is 8.19. The number of aryl methyl sites for hydroxylation is 1. The third-order valence-corrected chi connectivity index (χ3v) is 6.21. The molecule has 4 rings (SSSR count). The molecule has 1 aliphatic rings. The Bertz CT molecular complexity index is 1140. The van der Waals surface area contributed by atoms with Crippen molar-refractivity contribution in [2.24, 2.45) is 0 Å². The number of ether oxygens (including phenoxy) is 1. The van der Waals surface area contributed by atoms with Crippen molar-refractivity contribution in [1.29, 1.82) is 0 Å². The maximum atomic E-state index is 14.3. The van der Waals surface area contributed by atoms with E-state index in [1.54, 1.807) is 49.2 Å². The van der Waals surface area contributed by atoms with Gasteiger partial charge in [0.15, 0.2) is 0 Å². The van der Waals surface area contributed by atoms with E-state index in [2.05, 4.69) is 9.88 Å². The number of nitrogens with zero attached hydrogens (tertiary/aromatic N) is 4. The van der Waals surface area contributed by atoms with Crippen LogP contribution >= 0.6 is 0 Å². The van der Waals surface area contributed by atoms with Gasteiger partial charge < -0.3 is 19.3 Å². The predicted molar refractivity (Wildman–Crippen MR) is 125 cm³/mol. The lowest BCUT2D eigenvalue weighted by Crippen LogP contribution is -2.49. The molecule has 0 unspecified atom stereocenters. The fourth-order valence-electron chi connectivity index (χ4n) is 4.52. The summed E-state index contributed by atoms with van der Waals surface area (Å²) in [5.41, 5.74) is 2.23. The van der Waals surface area contributed by atoms with Crippen LogP contribution in [0.25, 0.3) is 0 Å². The molecule has 3 heterocycles. The van der Waals surface area contributed by atoms with E-state index in [-0.39, 0.29) is 17.1 Å². The Balaban J connectivity index is 1.70. The molecule has 8 heteroatoms. The molecule has 174 valence electrons. The van der Waals surface area contributed by atoms with Gasteiger partial charge in [0, 0.05) is 57.9 Å². The Kier molecular flexibility index (Phi) is 7.05. The van der Waals surface area contributed by atoms with Crippen LogP contribution in [0.5, 0.6) is 5.75 Å². The smallest absolute Gasteiger partial charge is 0.259 e. The highest BCUT2D eigenvalue weighted by Gasteiger charge is 2.31. The van der Waals surface area contributed by atoms with Crippen LogP contribution in [0.1, 0.15) is 22.9 Å². The number of aromatic hydroxyl groups is 1. The molecule has 0 amide bonds. The SMILES string of the molecule is COCCn1c(C)cc(O)c([C@@H](c2ccncc2)N2CCN(c3ccccc3F)CC2)c1=O. The fraction of sp³-hybridized carbons (Fsp3) is 0.360. The van der Waals surface area contributed by atoms with Crippen molar-refractivity contribution in [3.05, 3.63) is 87.9 Å². The maximum absolute atomic E-state index is 14.3. The molecular weight excluding hydrogens is 423 g/mol. The summed E-state index contributed by atoms with van der Waals surface area (Å²) in [4.78, 5) is 21.8. The second-order valence-electron chi connectivity index (χ2n) is 8.19. The number of benzene rings is 1. The lowest BCUT2D eigenvalue weighted by molar-refractivity contribution is 0.183. The fourth-order valence-corrected chi connectivity index (χ4v) is 4.52.